The highest BCUT2D eigenvalue weighted by Gasteiger charge is 2.31. The second-order valence-electron chi connectivity index (χ2n) is 6.80. The number of nitrogens with one attached hydrogen (secondary N) is 2. The number of carbonyl (C=O) groups excluding carboxylic acids is 2. The maximum atomic E-state index is 12.2. The van der Waals surface area contributed by atoms with Crippen LogP contribution in [0.5, 0.6) is 0 Å². The number of fused-ring (bicyclic) bond motifs is 1. The molecule has 23 heavy (non-hydrogen) atoms. The minimum absolute atomic E-state index is 0.0520. The molecule has 2 aliphatic rings. The van der Waals surface area contributed by atoms with Crippen molar-refractivity contribution in [3.8, 4) is 0 Å². The predicted octanol–water partition coefficient (Wildman–Crippen LogP) is 2.97. The second kappa shape index (κ2) is 6.91. The van der Waals surface area contributed by atoms with Gasteiger partial charge in [0.25, 0.3) is 0 Å². The Morgan fingerprint density at radius 1 is 1.43 bits per heavy atom. The molecule has 6 heteroatoms. The summed E-state index contributed by atoms with van der Waals surface area (Å²) in [7, 11) is 0. The highest BCUT2D eigenvalue weighted by atomic mass is 32.2. The topological polar surface area (TPSA) is 71.1 Å². The number of hydrogen-bond acceptors (Lipinski definition) is 4. The standard InChI is InChI=1S/C17H23N3O2S/c1-17(7-3-2-4-8-17)11-19-14(21)10-13-15(22)20-12-6-5-9-18-16(12)23-13/h5-6,9,13H,2-4,7-8,10-11H2,1H3,(H,19,21)(H,20,22). The zero-order valence-corrected chi connectivity index (χ0v) is 14.2. The third-order valence-electron chi connectivity index (χ3n) is 4.72. The molecule has 1 aromatic rings. The Labute approximate surface area is 141 Å². The van der Waals surface area contributed by atoms with Crippen molar-refractivity contribution >= 4 is 29.3 Å². The predicted molar refractivity (Wildman–Crippen MR) is 91.3 cm³/mol. The molecule has 5 nitrogen and oxygen atoms in total. The van der Waals surface area contributed by atoms with Crippen molar-refractivity contribution in [3.05, 3.63) is 18.3 Å². The van der Waals surface area contributed by atoms with Crippen molar-refractivity contribution < 1.29 is 9.59 Å². The monoisotopic (exact) mass is 333 g/mol. The highest BCUT2D eigenvalue weighted by Crippen LogP contribution is 2.36. The van der Waals surface area contributed by atoms with Crippen molar-refractivity contribution in [2.45, 2.75) is 55.7 Å². The van der Waals surface area contributed by atoms with Gasteiger partial charge in [-0.05, 0) is 30.4 Å². The van der Waals surface area contributed by atoms with Gasteiger partial charge in [-0.15, -0.1) is 0 Å². The summed E-state index contributed by atoms with van der Waals surface area (Å²) in [4.78, 5) is 28.6. The van der Waals surface area contributed by atoms with Crippen LogP contribution in [0.2, 0.25) is 0 Å². The summed E-state index contributed by atoms with van der Waals surface area (Å²) in [6.45, 7) is 2.95. The first kappa shape index (κ1) is 16.3. The third-order valence-corrected chi connectivity index (χ3v) is 5.93. The maximum Gasteiger partial charge on any atom is 0.238 e. The molecule has 1 aromatic heterocycles. The molecule has 0 aromatic carbocycles. The van der Waals surface area contributed by atoms with E-state index in [1.807, 2.05) is 6.07 Å². The molecule has 3 rings (SSSR count). The minimum atomic E-state index is -0.406. The first-order chi connectivity index (χ1) is 11.1. The SMILES string of the molecule is CC1(CNC(=O)CC2Sc3ncccc3NC2=O)CCCCC1. The Kier molecular flexibility index (Phi) is 4.90. The van der Waals surface area contributed by atoms with E-state index in [4.69, 9.17) is 0 Å². The first-order valence-electron chi connectivity index (χ1n) is 8.25. The Morgan fingerprint density at radius 3 is 3.00 bits per heavy atom. The van der Waals surface area contributed by atoms with Gasteiger partial charge >= 0.3 is 0 Å². The molecule has 1 unspecified atom stereocenters. The molecule has 2 heterocycles. The Balaban J connectivity index is 1.53. The van der Waals surface area contributed by atoms with Crippen LogP contribution >= 0.6 is 11.8 Å². The van der Waals surface area contributed by atoms with E-state index in [0.29, 0.717) is 6.54 Å². The molecule has 2 N–H and O–H groups in total. The molecule has 0 bridgehead atoms. The first-order valence-corrected chi connectivity index (χ1v) is 9.13. The van der Waals surface area contributed by atoms with Gasteiger partial charge in [0.15, 0.2) is 0 Å². The number of aromatic nitrogens is 1. The molecule has 1 atom stereocenters. The summed E-state index contributed by atoms with van der Waals surface area (Å²) in [5.41, 5.74) is 0.943. The number of rotatable bonds is 4. The van der Waals surface area contributed by atoms with Crippen LogP contribution in [0.1, 0.15) is 45.4 Å². The zero-order chi connectivity index (χ0) is 16.3. The fourth-order valence-electron chi connectivity index (χ4n) is 3.25. The van der Waals surface area contributed by atoms with Gasteiger partial charge in [-0.25, -0.2) is 4.98 Å². The summed E-state index contributed by atoms with van der Waals surface area (Å²) in [6, 6.07) is 3.62. The van der Waals surface area contributed by atoms with Crippen LogP contribution in [0.25, 0.3) is 0 Å². The number of hydrogen-bond donors (Lipinski definition) is 2. The lowest BCUT2D eigenvalue weighted by atomic mass is 9.76. The number of amides is 2. The largest absolute Gasteiger partial charge is 0.356 e. The van der Waals surface area contributed by atoms with Gasteiger partial charge in [-0.3, -0.25) is 9.59 Å². The Morgan fingerprint density at radius 2 is 2.22 bits per heavy atom. The average Bonchev–Trinajstić information content (AvgIpc) is 2.54. The average molecular weight is 333 g/mol. The van der Waals surface area contributed by atoms with Gasteiger partial charge in [0.1, 0.15) is 5.03 Å². The summed E-state index contributed by atoms with van der Waals surface area (Å²) < 4.78 is 0. The lowest BCUT2D eigenvalue weighted by molar-refractivity contribution is -0.124. The van der Waals surface area contributed by atoms with E-state index in [-0.39, 0.29) is 23.7 Å². The summed E-state index contributed by atoms with van der Waals surface area (Å²) in [5.74, 6) is -0.168. The Hall–Kier alpha value is -1.56. The quantitative estimate of drug-likeness (QED) is 0.888. The Bertz CT molecular complexity index is 599. The smallest absolute Gasteiger partial charge is 0.238 e. The third kappa shape index (κ3) is 4.05. The lowest BCUT2D eigenvalue weighted by Crippen LogP contribution is -2.40. The van der Waals surface area contributed by atoms with Gasteiger partial charge in [0, 0.05) is 19.2 Å². The van der Waals surface area contributed by atoms with Crippen LogP contribution in [0.15, 0.2) is 23.4 Å². The number of carbonyl (C=O) groups is 2. The minimum Gasteiger partial charge on any atom is -0.356 e. The van der Waals surface area contributed by atoms with Gasteiger partial charge in [-0.2, -0.15) is 0 Å². The molecule has 0 radical (unpaired) electrons. The van der Waals surface area contributed by atoms with Gasteiger partial charge in [0.05, 0.1) is 10.9 Å². The molecule has 1 aliphatic carbocycles. The van der Waals surface area contributed by atoms with E-state index in [0.717, 1.165) is 10.7 Å². The molecule has 2 amide bonds. The molecule has 124 valence electrons. The van der Waals surface area contributed by atoms with Crippen LogP contribution in [0.3, 0.4) is 0 Å². The molecule has 1 aliphatic heterocycles. The van der Waals surface area contributed by atoms with Crippen molar-refractivity contribution in [1.82, 2.24) is 10.3 Å². The number of anilines is 1. The van der Waals surface area contributed by atoms with E-state index in [9.17, 15) is 9.59 Å². The molecule has 1 fully saturated rings. The van der Waals surface area contributed by atoms with Gasteiger partial charge < -0.3 is 10.6 Å². The van der Waals surface area contributed by atoms with E-state index in [2.05, 4.69) is 22.5 Å². The number of nitrogens with zero attached hydrogens (tertiary/aromatic N) is 1. The molecule has 0 saturated heterocycles. The summed E-state index contributed by atoms with van der Waals surface area (Å²) in [6.07, 6.45) is 8.03. The molecule has 1 saturated carbocycles. The highest BCUT2D eigenvalue weighted by molar-refractivity contribution is 8.00. The van der Waals surface area contributed by atoms with E-state index in [1.54, 1.807) is 12.3 Å². The van der Waals surface area contributed by atoms with Crippen molar-refractivity contribution in [2.24, 2.45) is 5.41 Å². The normalized spacial score (nSPS) is 22.8. The van der Waals surface area contributed by atoms with Gasteiger partial charge in [0.2, 0.25) is 11.8 Å². The van der Waals surface area contributed by atoms with Crippen molar-refractivity contribution in [2.75, 3.05) is 11.9 Å². The van der Waals surface area contributed by atoms with Crippen LogP contribution in [-0.2, 0) is 9.59 Å². The van der Waals surface area contributed by atoms with Crippen LogP contribution in [0, 0.1) is 5.41 Å². The zero-order valence-electron chi connectivity index (χ0n) is 13.4. The molecular weight excluding hydrogens is 310 g/mol. The summed E-state index contributed by atoms with van der Waals surface area (Å²) >= 11 is 1.37. The summed E-state index contributed by atoms with van der Waals surface area (Å²) in [5, 5.41) is 6.23. The molecule has 0 spiro atoms. The van der Waals surface area contributed by atoms with Crippen LogP contribution in [0.4, 0.5) is 5.69 Å². The van der Waals surface area contributed by atoms with Crippen LogP contribution in [-0.4, -0.2) is 28.6 Å². The van der Waals surface area contributed by atoms with E-state index in [1.165, 1.54) is 43.9 Å². The van der Waals surface area contributed by atoms with E-state index < -0.39 is 5.25 Å². The molecular formula is C17H23N3O2S. The fraction of sp³-hybridized carbons (Fsp3) is 0.588. The van der Waals surface area contributed by atoms with Crippen LogP contribution < -0.4 is 10.6 Å². The van der Waals surface area contributed by atoms with E-state index >= 15 is 0 Å². The second-order valence-corrected chi connectivity index (χ2v) is 8.00. The van der Waals surface area contributed by atoms with Crippen molar-refractivity contribution in [1.29, 1.82) is 0 Å². The van der Waals surface area contributed by atoms with Gasteiger partial charge in [-0.1, -0.05) is 37.9 Å². The number of thioether (sulfide) groups is 1. The maximum absolute atomic E-state index is 12.2. The van der Waals surface area contributed by atoms with Crippen molar-refractivity contribution in [3.63, 3.8) is 0 Å². The number of pyridine rings is 1. The lowest BCUT2D eigenvalue weighted by Gasteiger charge is -2.33. The fourth-order valence-corrected chi connectivity index (χ4v) is 4.29.